The molecule has 1 fully saturated rings. The second-order valence-corrected chi connectivity index (χ2v) is 3.99. The third-order valence-corrected chi connectivity index (χ3v) is 2.74. The number of hydrogen-bond donors (Lipinski definition) is 0. The van der Waals surface area contributed by atoms with Gasteiger partial charge in [-0.15, -0.1) is 0 Å². The van der Waals surface area contributed by atoms with Crippen molar-refractivity contribution in [2.45, 2.75) is 19.4 Å². The van der Waals surface area contributed by atoms with E-state index < -0.39 is 0 Å². The molecule has 1 aliphatic rings. The van der Waals surface area contributed by atoms with E-state index in [0.717, 1.165) is 32.7 Å². The first kappa shape index (κ1) is 11.4. The van der Waals surface area contributed by atoms with E-state index >= 15 is 0 Å². The van der Waals surface area contributed by atoms with E-state index in [9.17, 15) is 4.79 Å². The zero-order chi connectivity index (χ0) is 11.2. The van der Waals surface area contributed by atoms with Gasteiger partial charge in [0.2, 0.25) is 0 Å². The Bertz CT molecular complexity index is 326. The molecule has 0 unspecified atom stereocenters. The fourth-order valence-corrected chi connectivity index (χ4v) is 1.77. The molecule has 0 N–H and O–H groups in total. The van der Waals surface area contributed by atoms with Gasteiger partial charge in [0.05, 0.1) is 6.61 Å². The molecule has 16 heavy (non-hydrogen) atoms. The van der Waals surface area contributed by atoms with Gasteiger partial charge in [-0.05, 0) is 30.9 Å². The van der Waals surface area contributed by atoms with Crippen molar-refractivity contribution >= 4 is 6.29 Å². The summed E-state index contributed by atoms with van der Waals surface area (Å²) in [6.45, 7) is 2.85. The Kier molecular flexibility index (Phi) is 4.13. The van der Waals surface area contributed by atoms with Crippen molar-refractivity contribution < 1.29 is 18.7 Å². The Morgan fingerprint density at radius 3 is 2.88 bits per heavy atom. The molecule has 0 saturated carbocycles. The first-order chi connectivity index (χ1) is 7.88. The average Bonchev–Trinajstić information content (AvgIpc) is 2.78. The fourth-order valence-electron chi connectivity index (χ4n) is 1.77. The van der Waals surface area contributed by atoms with E-state index in [1.165, 1.54) is 0 Å². The van der Waals surface area contributed by atoms with Crippen molar-refractivity contribution in [2.24, 2.45) is 5.92 Å². The maximum atomic E-state index is 10.4. The summed E-state index contributed by atoms with van der Waals surface area (Å²) in [5.41, 5.74) is 0. The number of furan rings is 1. The highest BCUT2D eigenvalue weighted by Crippen LogP contribution is 2.16. The van der Waals surface area contributed by atoms with E-state index in [1.54, 1.807) is 12.1 Å². The Hall–Kier alpha value is -1.13. The lowest BCUT2D eigenvalue weighted by atomic mass is 10.0. The normalized spacial score (nSPS) is 17.5. The zero-order valence-electron chi connectivity index (χ0n) is 9.19. The van der Waals surface area contributed by atoms with Gasteiger partial charge in [0, 0.05) is 13.2 Å². The van der Waals surface area contributed by atoms with Crippen molar-refractivity contribution in [3.8, 4) is 0 Å². The minimum Gasteiger partial charge on any atom is -0.456 e. The highest BCUT2D eigenvalue weighted by atomic mass is 16.5. The van der Waals surface area contributed by atoms with Crippen LogP contribution in [0.2, 0.25) is 0 Å². The zero-order valence-corrected chi connectivity index (χ0v) is 9.19. The summed E-state index contributed by atoms with van der Waals surface area (Å²) in [6, 6.07) is 3.42. The molecule has 1 aromatic heterocycles. The lowest BCUT2D eigenvalue weighted by Gasteiger charge is -2.21. The third-order valence-electron chi connectivity index (χ3n) is 2.74. The smallest absolute Gasteiger partial charge is 0.185 e. The number of hydrogen-bond acceptors (Lipinski definition) is 4. The standard InChI is InChI=1S/C12H16O4/c13-7-11-1-2-12(16-11)9-15-8-10-3-5-14-6-4-10/h1-2,7,10H,3-6,8-9H2. The van der Waals surface area contributed by atoms with Crippen LogP contribution in [0.1, 0.15) is 29.2 Å². The average molecular weight is 224 g/mol. The van der Waals surface area contributed by atoms with Crippen molar-refractivity contribution in [1.82, 2.24) is 0 Å². The van der Waals surface area contributed by atoms with Crippen molar-refractivity contribution in [3.05, 3.63) is 23.7 Å². The van der Waals surface area contributed by atoms with Crippen LogP contribution in [-0.2, 0) is 16.1 Å². The first-order valence-corrected chi connectivity index (χ1v) is 5.58. The van der Waals surface area contributed by atoms with Crippen LogP contribution in [0, 0.1) is 5.92 Å². The van der Waals surface area contributed by atoms with Crippen LogP contribution < -0.4 is 0 Å². The molecule has 0 atom stereocenters. The molecule has 88 valence electrons. The monoisotopic (exact) mass is 224 g/mol. The van der Waals surface area contributed by atoms with Crippen LogP contribution in [0.25, 0.3) is 0 Å². The van der Waals surface area contributed by atoms with Crippen LogP contribution in [0.3, 0.4) is 0 Å². The Morgan fingerprint density at radius 2 is 2.19 bits per heavy atom. The molecule has 0 aliphatic carbocycles. The van der Waals surface area contributed by atoms with E-state index in [4.69, 9.17) is 13.9 Å². The molecule has 4 heteroatoms. The molecule has 2 heterocycles. The summed E-state index contributed by atoms with van der Waals surface area (Å²) in [4.78, 5) is 10.4. The molecule has 1 aliphatic heterocycles. The molecular weight excluding hydrogens is 208 g/mol. The number of carbonyl (C=O) groups excluding carboxylic acids is 1. The maximum absolute atomic E-state index is 10.4. The van der Waals surface area contributed by atoms with Crippen LogP contribution in [0.15, 0.2) is 16.5 Å². The van der Waals surface area contributed by atoms with E-state index in [2.05, 4.69) is 0 Å². The molecule has 0 radical (unpaired) electrons. The lowest BCUT2D eigenvalue weighted by molar-refractivity contribution is 0.0118. The summed E-state index contributed by atoms with van der Waals surface area (Å²) in [5.74, 6) is 1.65. The molecular formula is C12H16O4. The number of aldehydes is 1. The van der Waals surface area contributed by atoms with E-state index in [-0.39, 0.29) is 0 Å². The number of rotatable bonds is 5. The van der Waals surface area contributed by atoms with Crippen LogP contribution in [0.5, 0.6) is 0 Å². The summed E-state index contributed by atoms with van der Waals surface area (Å²) in [5, 5.41) is 0. The number of ether oxygens (including phenoxy) is 2. The molecule has 0 amide bonds. The first-order valence-electron chi connectivity index (χ1n) is 5.58. The predicted octanol–water partition coefficient (Wildman–Crippen LogP) is 2.04. The van der Waals surface area contributed by atoms with Gasteiger partial charge in [-0.1, -0.05) is 0 Å². The van der Waals surface area contributed by atoms with Crippen LogP contribution in [-0.4, -0.2) is 26.1 Å². The highest BCUT2D eigenvalue weighted by molar-refractivity contribution is 5.70. The number of carbonyl (C=O) groups is 1. The van der Waals surface area contributed by atoms with Gasteiger partial charge < -0.3 is 13.9 Å². The molecule has 1 saturated heterocycles. The van der Waals surface area contributed by atoms with E-state index in [1.807, 2.05) is 0 Å². The third kappa shape index (κ3) is 3.18. The second kappa shape index (κ2) is 5.82. The van der Waals surface area contributed by atoms with Crippen LogP contribution >= 0.6 is 0 Å². The maximum Gasteiger partial charge on any atom is 0.185 e. The molecule has 4 nitrogen and oxygen atoms in total. The SMILES string of the molecule is O=Cc1ccc(COCC2CCOCC2)o1. The van der Waals surface area contributed by atoms with Gasteiger partial charge in [0.1, 0.15) is 12.4 Å². The van der Waals surface area contributed by atoms with Crippen molar-refractivity contribution in [1.29, 1.82) is 0 Å². The van der Waals surface area contributed by atoms with Gasteiger partial charge in [0.25, 0.3) is 0 Å². The summed E-state index contributed by atoms with van der Waals surface area (Å²) in [7, 11) is 0. The highest BCUT2D eigenvalue weighted by Gasteiger charge is 2.13. The fraction of sp³-hybridized carbons (Fsp3) is 0.583. The van der Waals surface area contributed by atoms with Gasteiger partial charge in [-0.25, -0.2) is 0 Å². The largest absolute Gasteiger partial charge is 0.456 e. The quantitative estimate of drug-likeness (QED) is 0.718. The Balaban J connectivity index is 1.68. The van der Waals surface area contributed by atoms with Gasteiger partial charge in [-0.2, -0.15) is 0 Å². The lowest BCUT2D eigenvalue weighted by Crippen LogP contribution is -2.20. The van der Waals surface area contributed by atoms with Crippen LogP contribution in [0.4, 0.5) is 0 Å². The molecule has 2 rings (SSSR count). The molecule has 0 bridgehead atoms. The predicted molar refractivity (Wildman–Crippen MR) is 57.3 cm³/mol. The Labute approximate surface area is 94.5 Å². The topological polar surface area (TPSA) is 48.7 Å². The minimum atomic E-state index is 0.352. The van der Waals surface area contributed by atoms with Gasteiger partial charge in [-0.3, -0.25) is 4.79 Å². The molecule has 1 aromatic rings. The second-order valence-electron chi connectivity index (χ2n) is 3.99. The molecule has 0 spiro atoms. The van der Waals surface area contributed by atoms with Gasteiger partial charge >= 0.3 is 0 Å². The van der Waals surface area contributed by atoms with Crippen molar-refractivity contribution in [2.75, 3.05) is 19.8 Å². The summed E-state index contributed by atoms with van der Waals surface area (Å²) >= 11 is 0. The van der Waals surface area contributed by atoms with Gasteiger partial charge in [0.15, 0.2) is 12.0 Å². The van der Waals surface area contributed by atoms with E-state index in [0.29, 0.717) is 30.3 Å². The van der Waals surface area contributed by atoms with Crippen molar-refractivity contribution in [3.63, 3.8) is 0 Å². The Morgan fingerprint density at radius 1 is 1.38 bits per heavy atom. The summed E-state index contributed by atoms with van der Waals surface area (Å²) < 4.78 is 16.0. The summed E-state index contributed by atoms with van der Waals surface area (Å²) in [6.07, 6.45) is 2.83. The minimum absolute atomic E-state index is 0.352. The molecule has 0 aromatic carbocycles.